The molecule has 344 valence electrons. The number of likely N-dealkylation sites (N-methyl/N-ethyl adjacent to an activating group) is 1. The van der Waals surface area contributed by atoms with Gasteiger partial charge < -0.3 is 28.8 Å². The molecule has 0 saturated carbocycles. The first-order valence-electron chi connectivity index (χ1n) is 24.7. The SMILES string of the molecule is CCCCCCCC/C=C\CCCCCC(=O)NC(COP(=O)([O-])OCC[N+](C)(C)C)C(O)/C=C/CCCCCCCCCCCCCCCCCCCCCCC. The Morgan fingerprint density at radius 2 is 0.948 bits per heavy atom. The van der Waals surface area contributed by atoms with E-state index >= 15 is 0 Å². The van der Waals surface area contributed by atoms with Crippen LogP contribution in [0.3, 0.4) is 0 Å². The topological polar surface area (TPSA) is 108 Å². The molecule has 9 heteroatoms. The molecule has 0 heterocycles. The zero-order valence-corrected chi connectivity index (χ0v) is 39.9. The average Bonchev–Trinajstić information content (AvgIpc) is 3.17. The third-order valence-corrected chi connectivity index (χ3v) is 12.1. The fourth-order valence-electron chi connectivity index (χ4n) is 7.21. The van der Waals surface area contributed by atoms with Crippen LogP contribution in [0.5, 0.6) is 0 Å². The van der Waals surface area contributed by atoms with Gasteiger partial charge in [0, 0.05) is 6.42 Å². The van der Waals surface area contributed by atoms with E-state index in [1.54, 1.807) is 6.08 Å². The van der Waals surface area contributed by atoms with Crippen molar-refractivity contribution in [3.63, 3.8) is 0 Å². The third kappa shape index (κ3) is 43.1. The Labute approximate surface area is 360 Å². The number of rotatable bonds is 45. The normalized spacial score (nSPS) is 14.4. The van der Waals surface area contributed by atoms with Crippen molar-refractivity contribution >= 4 is 13.7 Å². The minimum Gasteiger partial charge on any atom is -0.756 e. The van der Waals surface area contributed by atoms with Gasteiger partial charge in [-0.15, -0.1) is 0 Å². The van der Waals surface area contributed by atoms with Crippen LogP contribution >= 0.6 is 7.82 Å². The number of carbonyl (C=O) groups is 1. The standard InChI is InChI=1S/C49H97N2O6P/c1-6-8-10-12-14-16-18-20-21-22-23-24-25-26-27-28-29-31-32-34-36-38-40-42-48(52)47(46-57-58(54,55)56-45-44-51(3,4)5)50-49(53)43-41-39-37-35-33-30-19-17-15-13-11-9-7-2/h30,33,40,42,47-48,52H,6-29,31-32,34-39,41,43-46H2,1-5H3,(H-,50,53,54,55)/b33-30-,42-40+. The number of aliphatic hydroxyl groups is 1. The van der Waals surface area contributed by atoms with Gasteiger partial charge in [0.1, 0.15) is 13.2 Å². The molecule has 3 atom stereocenters. The van der Waals surface area contributed by atoms with Gasteiger partial charge in [0.2, 0.25) is 5.91 Å². The average molecular weight is 841 g/mol. The molecule has 8 nitrogen and oxygen atoms in total. The van der Waals surface area contributed by atoms with Crippen LogP contribution in [0.2, 0.25) is 0 Å². The zero-order chi connectivity index (χ0) is 42.8. The lowest BCUT2D eigenvalue weighted by atomic mass is 10.0. The Bertz CT molecular complexity index is 1000. The summed E-state index contributed by atoms with van der Waals surface area (Å²) in [6, 6.07) is -0.891. The monoisotopic (exact) mass is 841 g/mol. The molecule has 0 fully saturated rings. The first-order chi connectivity index (χ1) is 28.0. The van der Waals surface area contributed by atoms with E-state index < -0.39 is 20.0 Å². The van der Waals surface area contributed by atoms with Crippen molar-refractivity contribution < 1.29 is 32.9 Å². The number of phosphoric acid groups is 1. The number of allylic oxidation sites excluding steroid dienone is 3. The first-order valence-corrected chi connectivity index (χ1v) is 26.2. The zero-order valence-electron chi connectivity index (χ0n) is 39.0. The number of nitrogens with zero attached hydrogens (tertiary/aromatic N) is 1. The predicted octanol–water partition coefficient (Wildman–Crippen LogP) is 13.5. The van der Waals surface area contributed by atoms with Crippen LogP contribution in [0.1, 0.15) is 232 Å². The first kappa shape index (κ1) is 57.0. The maximum atomic E-state index is 12.8. The second-order valence-electron chi connectivity index (χ2n) is 18.2. The van der Waals surface area contributed by atoms with E-state index in [0.29, 0.717) is 17.4 Å². The summed E-state index contributed by atoms with van der Waals surface area (Å²) in [7, 11) is 1.26. The molecule has 3 unspecified atom stereocenters. The van der Waals surface area contributed by atoms with Crippen LogP contribution in [0.15, 0.2) is 24.3 Å². The van der Waals surface area contributed by atoms with E-state index in [-0.39, 0.29) is 19.1 Å². The lowest BCUT2D eigenvalue weighted by molar-refractivity contribution is -0.870. The Kier molecular flexibility index (Phi) is 40.6. The highest BCUT2D eigenvalue weighted by Crippen LogP contribution is 2.38. The molecule has 1 amide bonds. The molecule has 0 spiro atoms. The van der Waals surface area contributed by atoms with Crippen molar-refractivity contribution in [2.24, 2.45) is 0 Å². The van der Waals surface area contributed by atoms with Gasteiger partial charge in [-0.2, -0.15) is 0 Å². The Morgan fingerprint density at radius 1 is 0.586 bits per heavy atom. The number of hydrogen-bond donors (Lipinski definition) is 2. The smallest absolute Gasteiger partial charge is 0.268 e. The second kappa shape index (κ2) is 41.3. The lowest BCUT2D eigenvalue weighted by Crippen LogP contribution is -2.45. The fourth-order valence-corrected chi connectivity index (χ4v) is 7.93. The predicted molar refractivity (Wildman–Crippen MR) is 247 cm³/mol. The van der Waals surface area contributed by atoms with Crippen molar-refractivity contribution in [2.75, 3.05) is 40.9 Å². The van der Waals surface area contributed by atoms with Gasteiger partial charge in [0.25, 0.3) is 7.82 Å². The molecule has 0 aromatic carbocycles. The van der Waals surface area contributed by atoms with E-state index in [1.165, 1.54) is 161 Å². The molecule has 58 heavy (non-hydrogen) atoms. The van der Waals surface area contributed by atoms with Gasteiger partial charge in [-0.25, -0.2) is 0 Å². The Morgan fingerprint density at radius 3 is 1.34 bits per heavy atom. The maximum absolute atomic E-state index is 12.8. The van der Waals surface area contributed by atoms with Gasteiger partial charge in [-0.1, -0.05) is 205 Å². The van der Waals surface area contributed by atoms with Gasteiger partial charge >= 0.3 is 0 Å². The summed E-state index contributed by atoms with van der Waals surface area (Å²) in [5.74, 6) is -0.212. The molecule has 0 rings (SSSR count). The van der Waals surface area contributed by atoms with Crippen LogP contribution in [0, 0.1) is 0 Å². The van der Waals surface area contributed by atoms with Crippen LogP contribution in [0.25, 0.3) is 0 Å². The van der Waals surface area contributed by atoms with Gasteiger partial charge in [0.05, 0.1) is 39.9 Å². The summed E-state index contributed by atoms with van der Waals surface area (Å²) >= 11 is 0. The largest absolute Gasteiger partial charge is 0.756 e. The quantitative estimate of drug-likeness (QED) is 0.0274. The summed E-state index contributed by atoms with van der Waals surface area (Å²) in [5, 5.41) is 13.8. The van der Waals surface area contributed by atoms with Crippen molar-refractivity contribution in [3.05, 3.63) is 24.3 Å². The van der Waals surface area contributed by atoms with Gasteiger partial charge in [-0.3, -0.25) is 9.36 Å². The number of nitrogens with one attached hydrogen (secondary N) is 1. The van der Waals surface area contributed by atoms with E-state index in [2.05, 4.69) is 31.3 Å². The number of aliphatic hydroxyl groups excluding tert-OH is 1. The second-order valence-corrected chi connectivity index (χ2v) is 19.6. The molecule has 0 aliphatic rings. The van der Waals surface area contributed by atoms with E-state index in [9.17, 15) is 19.4 Å². The summed E-state index contributed by atoms with van der Waals surface area (Å²) in [6.07, 6.45) is 49.5. The molecular formula is C49H97N2O6P. The molecule has 0 aromatic rings. The number of unbranched alkanes of at least 4 members (excludes halogenated alkanes) is 30. The van der Waals surface area contributed by atoms with Crippen LogP contribution in [-0.4, -0.2) is 68.5 Å². The molecule has 0 aromatic heterocycles. The summed E-state index contributed by atoms with van der Waals surface area (Å²) in [4.78, 5) is 25.3. The van der Waals surface area contributed by atoms with Crippen molar-refractivity contribution in [1.29, 1.82) is 0 Å². The summed E-state index contributed by atoms with van der Waals surface area (Å²) in [6.45, 7) is 4.64. The van der Waals surface area contributed by atoms with Gasteiger partial charge in [-0.05, 0) is 44.9 Å². The minimum atomic E-state index is -4.59. The summed E-state index contributed by atoms with van der Waals surface area (Å²) in [5.41, 5.74) is 0. The maximum Gasteiger partial charge on any atom is 0.268 e. The number of carbonyl (C=O) groups excluding carboxylic acids is 1. The third-order valence-electron chi connectivity index (χ3n) is 11.2. The highest BCUT2D eigenvalue weighted by Gasteiger charge is 2.23. The van der Waals surface area contributed by atoms with E-state index in [1.807, 2.05) is 27.2 Å². The number of phosphoric ester groups is 1. The van der Waals surface area contributed by atoms with Crippen LogP contribution in [-0.2, 0) is 18.4 Å². The van der Waals surface area contributed by atoms with Crippen molar-refractivity contribution in [3.8, 4) is 0 Å². The number of hydrogen-bond acceptors (Lipinski definition) is 6. The Balaban J connectivity index is 4.29. The molecule has 0 aliphatic carbocycles. The highest BCUT2D eigenvalue weighted by molar-refractivity contribution is 7.45. The molecular weight excluding hydrogens is 744 g/mol. The van der Waals surface area contributed by atoms with Crippen molar-refractivity contribution in [2.45, 2.75) is 244 Å². The molecule has 0 aliphatic heterocycles. The van der Waals surface area contributed by atoms with E-state index in [0.717, 1.165) is 51.4 Å². The van der Waals surface area contributed by atoms with Crippen molar-refractivity contribution in [1.82, 2.24) is 5.32 Å². The van der Waals surface area contributed by atoms with Gasteiger partial charge in [0.15, 0.2) is 0 Å². The fraction of sp³-hybridized carbons (Fsp3) is 0.898. The van der Waals surface area contributed by atoms with Crippen LogP contribution < -0.4 is 10.2 Å². The minimum absolute atomic E-state index is 0.00248. The molecule has 0 radical (unpaired) electrons. The van der Waals surface area contributed by atoms with E-state index in [4.69, 9.17) is 9.05 Å². The molecule has 2 N–H and O–H groups in total. The highest BCUT2D eigenvalue weighted by atomic mass is 31.2. The number of amides is 1. The molecule has 0 saturated heterocycles. The molecule has 0 bridgehead atoms. The summed E-state index contributed by atoms with van der Waals surface area (Å²) < 4.78 is 23.2. The Hall–Kier alpha value is -1.02. The lowest BCUT2D eigenvalue weighted by Gasteiger charge is -2.29. The number of quaternary nitrogens is 1. The van der Waals surface area contributed by atoms with Crippen LogP contribution in [0.4, 0.5) is 0 Å².